The molecule has 1 heteroatoms. The minimum absolute atomic E-state index is 0.825. The topological polar surface area (TPSA) is 12.0 Å². The van der Waals surface area contributed by atoms with Crippen molar-refractivity contribution < 1.29 is 0 Å². The molecule has 3 aliphatic carbocycles. The van der Waals surface area contributed by atoms with E-state index in [-0.39, 0.29) is 0 Å². The molecule has 0 saturated heterocycles. The summed E-state index contributed by atoms with van der Waals surface area (Å²) in [7, 11) is 0. The van der Waals surface area contributed by atoms with Gasteiger partial charge in [0.1, 0.15) is 0 Å². The summed E-state index contributed by atoms with van der Waals surface area (Å²) in [6.07, 6.45) is 22.3. The summed E-state index contributed by atoms with van der Waals surface area (Å²) in [4.78, 5) is 0. The van der Waals surface area contributed by atoms with Gasteiger partial charge in [-0.15, -0.1) is 0 Å². The molecule has 0 bridgehead atoms. The molecule has 4 rings (SSSR count). The summed E-state index contributed by atoms with van der Waals surface area (Å²) in [5.74, 6) is 2.51. The summed E-state index contributed by atoms with van der Waals surface area (Å²) in [5.41, 5.74) is 3.26. The van der Waals surface area contributed by atoms with Crippen molar-refractivity contribution in [1.29, 1.82) is 0 Å². The molecular formula is C20H30N. The van der Waals surface area contributed by atoms with Gasteiger partial charge in [-0.25, -0.2) is 0 Å². The second-order valence-corrected chi connectivity index (χ2v) is 7.77. The van der Waals surface area contributed by atoms with Crippen molar-refractivity contribution in [1.82, 2.24) is 5.32 Å². The van der Waals surface area contributed by atoms with Gasteiger partial charge in [0.05, 0.1) is 6.04 Å². The minimum Gasteiger partial charge on any atom is -0.376 e. The molecule has 1 radical (unpaired) electrons. The van der Waals surface area contributed by atoms with E-state index in [1.165, 1.54) is 77.0 Å². The van der Waals surface area contributed by atoms with E-state index in [1.54, 1.807) is 17.3 Å². The Morgan fingerprint density at radius 2 is 1.14 bits per heavy atom. The van der Waals surface area contributed by atoms with Crippen LogP contribution in [0.2, 0.25) is 0 Å². The Labute approximate surface area is 130 Å². The zero-order valence-electron chi connectivity index (χ0n) is 13.4. The van der Waals surface area contributed by atoms with Crippen LogP contribution in [0.25, 0.3) is 0 Å². The molecule has 3 saturated carbocycles. The third-order valence-electron chi connectivity index (χ3n) is 6.35. The highest BCUT2D eigenvalue weighted by Crippen LogP contribution is 2.42. The molecule has 4 aliphatic rings. The monoisotopic (exact) mass is 284 g/mol. The van der Waals surface area contributed by atoms with Gasteiger partial charge in [-0.1, -0.05) is 44.6 Å². The molecule has 0 atom stereocenters. The molecule has 0 aromatic carbocycles. The first kappa shape index (κ1) is 13.9. The molecule has 1 N–H and O–H groups in total. The lowest BCUT2D eigenvalue weighted by Crippen LogP contribution is -2.31. The van der Waals surface area contributed by atoms with Crippen molar-refractivity contribution >= 4 is 0 Å². The predicted octanol–water partition coefficient (Wildman–Crippen LogP) is 5.50. The SMILES string of the molecule is C1=C(C2CCCC2)C=C(C2CCCC2)N[C]1C1CCCC1. The normalized spacial score (nSPS) is 29.7. The minimum atomic E-state index is 0.825. The van der Waals surface area contributed by atoms with E-state index in [9.17, 15) is 0 Å². The van der Waals surface area contributed by atoms with E-state index in [0.717, 1.165) is 17.8 Å². The van der Waals surface area contributed by atoms with Crippen LogP contribution in [-0.2, 0) is 0 Å². The lowest BCUT2D eigenvalue weighted by molar-refractivity contribution is 0.491. The van der Waals surface area contributed by atoms with E-state index in [0.29, 0.717) is 0 Å². The molecule has 3 fully saturated rings. The Morgan fingerprint density at radius 3 is 1.76 bits per heavy atom. The van der Waals surface area contributed by atoms with Crippen LogP contribution < -0.4 is 5.32 Å². The lowest BCUT2D eigenvalue weighted by atomic mass is 9.85. The fourth-order valence-electron chi connectivity index (χ4n) is 5.05. The van der Waals surface area contributed by atoms with E-state index in [1.807, 2.05) is 0 Å². The average molecular weight is 284 g/mol. The molecule has 1 aliphatic heterocycles. The Morgan fingerprint density at radius 1 is 0.619 bits per heavy atom. The number of hydrogen-bond donors (Lipinski definition) is 1. The Kier molecular flexibility index (Phi) is 4.10. The van der Waals surface area contributed by atoms with Crippen molar-refractivity contribution in [3.05, 3.63) is 29.5 Å². The summed E-state index contributed by atoms with van der Waals surface area (Å²) in [6.45, 7) is 0. The standard InChI is InChI=1S/C20H30N/c1-2-8-15(7-1)18-13-19(16-9-3-4-10-16)21-20(14-18)17-11-5-6-12-17/h13-17,21H,1-12H2. The van der Waals surface area contributed by atoms with Crippen LogP contribution in [-0.4, -0.2) is 0 Å². The predicted molar refractivity (Wildman–Crippen MR) is 88.4 cm³/mol. The van der Waals surface area contributed by atoms with Gasteiger partial charge < -0.3 is 5.32 Å². The highest BCUT2D eigenvalue weighted by atomic mass is 14.9. The fraction of sp³-hybridized carbons (Fsp3) is 0.750. The summed E-state index contributed by atoms with van der Waals surface area (Å²) < 4.78 is 0. The first-order chi connectivity index (χ1) is 10.4. The van der Waals surface area contributed by atoms with Crippen LogP contribution in [0, 0.1) is 23.8 Å². The van der Waals surface area contributed by atoms with Gasteiger partial charge in [0, 0.05) is 5.70 Å². The van der Waals surface area contributed by atoms with Crippen LogP contribution in [0.3, 0.4) is 0 Å². The molecule has 0 spiro atoms. The molecule has 0 aromatic rings. The van der Waals surface area contributed by atoms with Crippen molar-refractivity contribution in [2.75, 3.05) is 0 Å². The molecule has 0 aromatic heterocycles. The van der Waals surface area contributed by atoms with Gasteiger partial charge in [0.25, 0.3) is 0 Å². The van der Waals surface area contributed by atoms with Crippen molar-refractivity contribution in [3.8, 4) is 0 Å². The zero-order chi connectivity index (χ0) is 14.1. The second-order valence-electron chi connectivity index (χ2n) is 7.77. The van der Waals surface area contributed by atoms with E-state index in [4.69, 9.17) is 0 Å². The lowest BCUT2D eigenvalue weighted by Gasteiger charge is -2.32. The summed E-state index contributed by atoms with van der Waals surface area (Å²) in [5, 5.41) is 3.89. The third kappa shape index (κ3) is 2.94. The number of rotatable bonds is 3. The number of nitrogens with one attached hydrogen (secondary N) is 1. The van der Waals surface area contributed by atoms with E-state index >= 15 is 0 Å². The van der Waals surface area contributed by atoms with Gasteiger partial charge in [-0.05, 0) is 67.9 Å². The Hall–Kier alpha value is -0.720. The van der Waals surface area contributed by atoms with Crippen LogP contribution in [0.1, 0.15) is 77.0 Å². The van der Waals surface area contributed by atoms with Gasteiger partial charge in [-0.2, -0.15) is 0 Å². The van der Waals surface area contributed by atoms with Gasteiger partial charge in [-0.3, -0.25) is 0 Å². The number of hydrogen-bond acceptors (Lipinski definition) is 1. The zero-order valence-corrected chi connectivity index (χ0v) is 13.4. The molecular weight excluding hydrogens is 254 g/mol. The molecule has 1 nitrogen and oxygen atoms in total. The van der Waals surface area contributed by atoms with Crippen molar-refractivity contribution in [3.63, 3.8) is 0 Å². The van der Waals surface area contributed by atoms with Gasteiger partial charge in [0.15, 0.2) is 0 Å². The Balaban J connectivity index is 1.56. The van der Waals surface area contributed by atoms with Crippen LogP contribution >= 0.6 is 0 Å². The molecule has 0 unspecified atom stereocenters. The molecule has 1 heterocycles. The second kappa shape index (κ2) is 6.18. The summed E-state index contributed by atoms with van der Waals surface area (Å²) >= 11 is 0. The highest BCUT2D eigenvalue weighted by Gasteiger charge is 2.32. The first-order valence-corrected chi connectivity index (χ1v) is 9.47. The number of allylic oxidation sites excluding steroid dienone is 3. The van der Waals surface area contributed by atoms with Crippen LogP contribution in [0.4, 0.5) is 0 Å². The Bertz CT molecular complexity index is 415. The third-order valence-corrected chi connectivity index (χ3v) is 6.35. The molecule has 21 heavy (non-hydrogen) atoms. The largest absolute Gasteiger partial charge is 0.376 e. The maximum absolute atomic E-state index is 3.89. The van der Waals surface area contributed by atoms with E-state index < -0.39 is 0 Å². The molecule has 115 valence electrons. The smallest absolute Gasteiger partial charge is 0.0857 e. The highest BCUT2D eigenvalue weighted by molar-refractivity contribution is 5.39. The van der Waals surface area contributed by atoms with E-state index in [2.05, 4.69) is 17.5 Å². The molecule has 0 amide bonds. The van der Waals surface area contributed by atoms with Crippen molar-refractivity contribution in [2.45, 2.75) is 77.0 Å². The maximum atomic E-state index is 3.89. The van der Waals surface area contributed by atoms with Gasteiger partial charge >= 0.3 is 0 Å². The van der Waals surface area contributed by atoms with Crippen LogP contribution in [0.5, 0.6) is 0 Å². The maximum Gasteiger partial charge on any atom is 0.0857 e. The average Bonchev–Trinajstić information content (AvgIpc) is 3.29. The summed E-state index contributed by atoms with van der Waals surface area (Å²) in [6, 6.07) is 1.58. The van der Waals surface area contributed by atoms with Crippen molar-refractivity contribution in [2.24, 2.45) is 17.8 Å². The first-order valence-electron chi connectivity index (χ1n) is 9.47. The van der Waals surface area contributed by atoms with Gasteiger partial charge in [0.2, 0.25) is 0 Å². The number of dihydropyridines is 1. The fourth-order valence-corrected chi connectivity index (χ4v) is 5.05. The van der Waals surface area contributed by atoms with Crippen LogP contribution in [0.15, 0.2) is 23.4 Å². The quantitative estimate of drug-likeness (QED) is 0.721.